The molecule has 3 rings (SSSR count). The van der Waals surface area contributed by atoms with E-state index in [0.29, 0.717) is 5.69 Å². The number of rotatable bonds is 5. The number of hydrogen-bond acceptors (Lipinski definition) is 5. The molecule has 0 saturated carbocycles. The number of carbonyl (C=O) groups is 2. The van der Waals surface area contributed by atoms with E-state index in [1.165, 1.54) is 29.8 Å². The largest absolute Gasteiger partial charge is 0.478 e. The highest BCUT2D eigenvalue weighted by atomic mass is 16.4. The van der Waals surface area contributed by atoms with Gasteiger partial charge in [0.25, 0.3) is 0 Å². The third-order valence-corrected chi connectivity index (χ3v) is 3.54. The van der Waals surface area contributed by atoms with Crippen molar-refractivity contribution in [2.24, 2.45) is 10.2 Å². The number of amides is 1. The Bertz CT molecular complexity index is 1080. The summed E-state index contributed by atoms with van der Waals surface area (Å²) in [5.74, 6) is -1.39. The van der Waals surface area contributed by atoms with Crippen LogP contribution in [0.3, 0.4) is 0 Å². The molecule has 1 amide bonds. The van der Waals surface area contributed by atoms with Gasteiger partial charge < -0.3 is 10.4 Å². The Morgan fingerprint density at radius 1 is 1.07 bits per heavy atom. The molecule has 0 spiro atoms. The molecule has 0 fully saturated rings. The van der Waals surface area contributed by atoms with Gasteiger partial charge in [0.1, 0.15) is 0 Å². The number of nitrogens with one attached hydrogen (secondary N) is 2. The highest BCUT2D eigenvalue weighted by Crippen LogP contribution is 2.23. The molecule has 9 heteroatoms. The first-order valence-electron chi connectivity index (χ1n) is 7.89. The third-order valence-electron chi connectivity index (χ3n) is 3.54. The van der Waals surface area contributed by atoms with Gasteiger partial charge in [0.2, 0.25) is 5.91 Å². The Hall–Kier alpha value is -4.01. The topological polar surface area (TPSA) is 129 Å². The maximum Gasteiger partial charge on any atom is 0.335 e. The molecule has 2 aromatic carbocycles. The van der Waals surface area contributed by atoms with Crippen LogP contribution in [-0.2, 0) is 4.79 Å². The van der Waals surface area contributed by atoms with Crippen molar-refractivity contribution in [3.8, 4) is 5.69 Å². The fourth-order valence-corrected chi connectivity index (χ4v) is 2.35. The van der Waals surface area contributed by atoms with Crippen molar-refractivity contribution in [2.75, 3.05) is 5.32 Å². The third kappa shape index (κ3) is 3.98. The van der Waals surface area contributed by atoms with Gasteiger partial charge in [-0.3, -0.25) is 14.7 Å². The van der Waals surface area contributed by atoms with Crippen LogP contribution in [0.15, 0.2) is 69.6 Å². The van der Waals surface area contributed by atoms with Crippen molar-refractivity contribution >= 4 is 29.1 Å². The lowest BCUT2D eigenvalue weighted by Gasteiger charge is -2.01. The Morgan fingerprint density at radius 2 is 1.81 bits per heavy atom. The summed E-state index contributed by atoms with van der Waals surface area (Å²) in [6.45, 7) is 1.30. The fourth-order valence-electron chi connectivity index (χ4n) is 2.35. The highest BCUT2D eigenvalue weighted by molar-refractivity contribution is 5.90. The van der Waals surface area contributed by atoms with Gasteiger partial charge in [-0.05, 0) is 30.3 Å². The predicted octanol–water partition coefficient (Wildman–Crippen LogP) is 3.24. The van der Waals surface area contributed by atoms with Crippen molar-refractivity contribution in [1.29, 1.82) is 0 Å². The van der Waals surface area contributed by atoms with Gasteiger partial charge >= 0.3 is 11.5 Å². The number of anilines is 1. The molecule has 0 atom stereocenters. The minimum absolute atomic E-state index is 0.0456. The Morgan fingerprint density at radius 3 is 2.48 bits per heavy atom. The normalized spacial score (nSPS) is 10.9. The van der Waals surface area contributed by atoms with Crippen molar-refractivity contribution in [3.05, 3.63) is 70.5 Å². The predicted molar refractivity (Wildman–Crippen MR) is 98.3 cm³/mol. The van der Waals surface area contributed by atoms with E-state index in [2.05, 4.69) is 20.6 Å². The van der Waals surface area contributed by atoms with E-state index in [4.69, 9.17) is 5.11 Å². The van der Waals surface area contributed by atoms with Gasteiger partial charge in [-0.15, -0.1) is 5.11 Å². The van der Waals surface area contributed by atoms with E-state index in [9.17, 15) is 14.4 Å². The molecule has 0 aliphatic carbocycles. The van der Waals surface area contributed by atoms with Gasteiger partial charge in [0, 0.05) is 6.92 Å². The number of nitrogens with zero attached hydrogens (tertiary/aromatic N) is 3. The number of carboxylic acid groups (broad SMARTS) is 1. The molecular weight excluding hydrogens is 350 g/mol. The number of carbonyl (C=O) groups excluding carboxylic acids is 1. The summed E-state index contributed by atoms with van der Waals surface area (Å²) in [7, 11) is 0. The number of para-hydroxylation sites is 1. The van der Waals surface area contributed by atoms with Crippen LogP contribution in [0.25, 0.3) is 5.69 Å². The van der Waals surface area contributed by atoms with Crippen LogP contribution in [0.4, 0.5) is 17.2 Å². The Kier molecular flexibility index (Phi) is 4.93. The molecule has 0 saturated heterocycles. The zero-order valence-electron chi connectivity index (χ0n) is 14.2. The van der Waals surface area contributed by atoms with Gasteiger partial charge in [-0.2, -0.15) is 5.11 Å². The van der Waals surface area contributed by atoms with Gasteiger partial charge in [-0.25, -0.2) is 9.48 Å². The molecule has 3 N–H and O–H groups in total. The number of H-pyrrole nitrogens is 1. The molecule has 3 aromatic rings. The van der Waals surface area contributed by atoms with Crippen LogP contribution < -0.4 is 10.9 Å². The molecule has 0 radical (unpaired) electrons. The zero-order valence-corrected chi connectivity index (χ0v) is 14.2. The molecule has 9 nitrogen and oxygen atoms in total. The molecule has 0 unspecified atom stereocenters. The van der Waals surface area contributed by atoms with Crippen LogP contribution in [0.1, 0.15) is 17.3 Å². The molecule has 0 aliphatic heterocycles. The summed E-state index contributed by atoms with van der Waals surface area (Å²) in [4.78, 5) is 35.2. The second kappa shape index (κ2) is 7.48. The Balaban J connectivity index is 2.04. The second-order valence-corrected chi connectivity index (χ2v) is 5.55. The van der Waals surface area contributed by atoms with Crippen LogP contribution in [0, 0.1) is 0 Å². The van der Waals surface area contributed by atoms with Crippen molar-refractivity contribution < 1.29 is 14.7 Å². The van der Waals surface area contributed by atoms with Crippen LogP contribution in [-0.4, -0.2) is 26.8 Å². The summed E-state index contributed by atoms with van der Waals surface area (Å²) in [5.41, 5.74) is 0.251. The average Bonchev–Trinajstić information content (AvgIpc) is 2.96. The van der Waals surface area contributed by atoms with Crippen molar-refractivity contribution in [1.82, 2.24) is 9.78 Å². The Labute approximate surface area is 153 Å². The molecule has 136 valence electrons. The smallest absolute Gasteiger partial charge is 0.335 e. The minimum atomic E-state index is -1.10. The average molecular weight is 365 g/mol. The lowest BCUT2D eigenvalue weighted by atomic mass is 10.2. The number of azo groups is 1. The van der Waals surface area contributed by atoms with E-state index in [-0.39, 0.29) is 28.7 Å². The molecule has 1 heterocycles. The van der Waals surface area contributed by atoms with E-state index >= 15 is 0 Å². The maximum atomic E-state index is 12.7. The standard InChI is InChI=1S/C18H15N5O4/c1-11(24)19-16-15(17(25)23(22-16)14-8-3-2-4-9-14)21-20-13-7-5-6-12(10-13)18(26)27/h2-10,22H,1H3,(H,19,24)(H,26,27). The maximum absolute atomic E-state index is 12.7. The number of hydrogen-bond donors (Lipinski definition) is 3. The van der Waals surface area contributed by atoms with E-state index in [1.54, 1.807) is 30.3 Å². The first-order valence-corrected chi connectivity index (χ1v) is 7.89. The van der Waals surface area contributed by atoms with Crippen molar-refractivity contribution in [2.45, 2.75) is 6.92 Å². The summed E-state index contributed by atoms with van der Waals surface area (Å²) in [6, 6.07) is 14.6. The molecular formula is C18H15N5O4. The quantitative estimate of drug-likeness (QED) is 0.599. The summed E-state index contributed by atoms with van der Waals surface area (Å²) in [5, 5.41) is 22.2. The fraction of sp³-hybridized carbons (Fsp3) is 0.0556. The van der Waals surface area contributed by atoms with E-state index in [1.807, 2.05) is 6.07 Å². The number of benzene rings is 2. The van der Waals surface area contributed by atoms with Crippen LogP contribution in [0.5, 0.6) is 0 Å². The van der Waals surface area contributed by atoms with Gasteiger partial charge in [0.15, 0.2) is 11.5 Å². The number of aromatic nitrogens is 2. The van der Waals surface area contributed by atoms with Crippen LogP contribution >= 0.6 is 0 Å². The van der Waals surface area contributed by atoms with Gasteiger partial charge in [-0.1, -0.05) is 24.3 Å². The van der Waals surface area contributed by atoms with Gasteiger partial charge in [0.05, 0.1) is 16.9 Å². The zero-order chi connectivity index (χ0) is 19.4. The summed E-state index contributed by atoms with van der Waals surface area (Å²) >= 11 is 0. The monoisotopic (exact) mass is 365 g/mol. The molecule has 0 bridgehead atoms. The number of carboxylic acids is 1. The van der Waals surface area contributed by atoms with Crippen molar-refractivity contribution in [3.63, 3.8) is 0 Å². The van der Waals surface area contributed by atoms with E-state index in [0.717, 1.165) is 0 Å². The number of aromatic carboxylic acids is 1. The van der Waals surface area contributed by atoms with Crippen LogP contribution in [0.2, 0.25) is 0 Å². The first kappa shape index (κ1) is 17.8. The highest BCUT2D eigenvalue weighted by Gasteiger charge is 2.16. The lowest BCUT2D eigenvalue weighted by molar-refractivity contribution is -0.114. The molecule has 0 aliphatic rings. The second-order valence-electron chi connectivity index (χ2n) is 5.55. The molecule has 27 heavy (non-hydrogen) atoms. The molecule has 1 aromatic heterocycles. The van der Waals surface area contributed by atoms with E-state index < -0.39 is 11.5 Å². The lowest BCUT2D eigenvalue weighted by Crippen LogP contribution is -2.13. The SMILES string of the molecule is CC(=O)Nc1[nH]n(-c2ccccc2)c(=O)c1N=Nc1cccc(C(=O)O)c1. The number of aromatic amines is 1. The summed E-state index contributed by atoms with van der Waals surface area (Å²) < 4.78 is 1.23. The summed E-state index contributed by atoms with van der Waals surface area (Å²) in [6.07, 6.45) is 0. The minimum Gasteiger partial charge on any atom is -0.478 e. The first-order chi connectivity index (χ1) is 13.0.